The molecule has 128 valence electrons. The first kappa shape index (κ1) is 17.5. The van der Waals surface area contributed by atoms with E-state index >= 15 is 0 Å². The monoisotopic (exact) mass is 323 g/mol. The second-order valence-corrected chi connectivity index (χ2v) is 6.10. The molecule has 1 aromatic rings. The fourth-order valence-electron chi connectivity index (χ4n) is 3.25. The van der Waals surface area contributed by atoms with Gasteiger partial charge in [-0.1, -0.05) is 12.8 Å². The third kappa shape index (κ3) is 4.13. The van der Waals surface area contributed by atoms with Gasteiger partial charge in [0.2, 0.25) is 5.91 Å². The summed E-state index contributed by atoms with van der Waals surface area (Å²) in [6.45, 7) is 5.01. The van der Waals surface area contributed by atoms with E-state index in [-0.39, 0.29) is 23.4 Å². The topological polar surface area (TPSA) is 88.8 Å². The number of hydrogen-bond acceptors (Lipinski definition) is 4. The van der Waals surface area contributed by atoms with E-state index in [1.165, 1.54) is 6.07 Å². The highest BCUT2D eigenvalue weighted by Gasteiger charge is 2.40. The number of ether oxygens (including phenoxy) is 1. The average Bonchev–Trinajstić information content (AvgIpc) is 3.12. The number of aromatic carboxylic acids is 1. The molecule has 1 fully saturated rings. The smallest absolute Gasteiger partial charge is 0.339 e. The van der Waals surface area contributed by atoms with E-state index in [0.717, 1.165) is 32.1 Å². The minimum absolute atomic E-state index is 0.0145. The van der Waals surface area contributed by atoms with Crippen LogP contribution in [0.5, 0.6) is 0 Å². The first-order chi connectivity index (χ1) is 11.0. The van der Waals surface area contributed by atoms with Gasteiger partial charge in [-0.15, -0.1) is 0 Å². The molecule has 0 saturated heterocycles. The van der Waals surface area contributed by atoms with Crippen LogP contribution < -0.4 is 5.32 Å². The Morgan fingerprint density at radius 2 is 2.09 bits per heavy atom. The highest BCUT2D eigenvalue weighted by molar-refractivity contribution is 5.89. The summed E-state index contributed by atoms with van der Waals surface area (Å²) in [7, 11) is 0. The molecule has 0 aliphatic heterocycles. The molecule has 0 radical (unpaired) electrons. The van der Waals surface area contributed by atoms with E-state index in [9.17, 15) is 9.59 Å². The number of carbonyl (C=O) groups excluding carboxylic acids is 1. The predicted octanol–water partition coefficient (Wildman–Crippen LogP) is 2.89. The second-order valence-electron chi connectivity index (χ2n) is 6.10. The van der Waals surface area contributed by atoms with Crippen LogP contribution in [-0.2, 0) is 16.1 Å². The molecule has 0 bridgehead atoms. The Morgan fingerprint density at radius 3 is 2.65 bits per heavy atom. The summed E-state index contributed by atoms with van der Waals surface area (Å²) in [5.74, 6) is -0.187. The van der Waals surface area contributed by atoms with Crippen molar-refractivity contribution in [1.29, 1.82) is 0 Å². The van der Waals surface area contributed by atoms with Gasteiger partial charge in [-0.25, -0.2) is 4.79 Å². The molecule has 6 nitrogen and oxygen atoms in total. The largest absolute Gasteiger partial charge is 0.478 e. The number of carboxylic acid groups (broad SMARTS) is 1. The first-order valence-corrected chi connectivity index (χ1v) is 8.17. The van der Waals surface area contributed by atoms with Gasteiger partial charge in [0.25, 0.3) is 0 Å². The maximum atomic E-state index is 12.6. The number of aryl methyl sites for hydroxylation is 1. The third-order valence-electron chi connectivity index (χ3n) is 4.59. The number of carbonyl (C=O) groups is 2. The van der Waals surface area contributed by atoms with Crippen LogP contribution in [-0.4, -0.2) is 30.2 Å². The Kier molecular flexibility index (Phi) is 5.82. The summed E-state index contributed by atoms with van der Waals surface area (Å²) < 4.78 is 10.8. The lowest BCUT2D eigenvalue weighted by atomic mass is 9.82. The van der Waals surface area contributed by atoms with Crippen molar-refractivity contribution in [2.45, 2.75) is 52.5 Å². The van der Waals surface area contributed by atoms with E-state index in [0.29, 0.717) is 24.7 Å². The normalized spacial score (nSPS) is 16.4. The molecular weight excluding hydrogens is 298 g/mol. The van der Waals surface area contributed by atoms with Crippen LogP contribution in [0.3, 0.4) is 0 Å². The fraction of sp³-hybridized carbons (Fsp3) is 0.647. The Hall–Kier alpha value is -1.82. The quantitative estimate of drug-likeness (QED) is 0.718. The highest BCUT2D eigenvalue weighted by atomic mass is 16.5. The number of hydrogen-bond donors (Lipinski definition) is 2. The van der Waals surface area contributed by atoms with E-state index in [2.05, 4.69) is 5.32 Å². The number of furan rings is 1. The summed E-state index contributed by atoms with van der Waals surface area (Å²) >= 11 is 0. The lowest BCUT2D eigenvalue weighted by Gasteiger charge is -2.27. The lowest BCUT2D eigenvalue weighted by molar-refractivity contribution is -0.132. The Morgan fingerprint density at radius 1 is 1.39 bits per heavy atom. The summed E-state index contributed by atoms with van der Waals surface area (Å²) in [6.07, 6.45) is 4.60. The minimum Gasteiger partial charge on any atom is -0.478 e. The summed E-state index contributed by atoms with van der Waals surface area (Å²) in [6, 6.07) is 1.47. The number of amides is 1. The SMILES string of the molecule is CCOCCC1(C(=O)NCc2cc(C(=O)O)c(C)o2)CCCC1. The van der Waals surface area contributed by atoms with Crippen molar-refractivity contribution in [2.75, 3.05) is 13.2 Å². The van der Waals surface area contributed by atoms with E-state index < -0.39 is 5.97 Å². The van der Waals surface area contributed by atoms with Crippen molar-refractivity contribution in [2.24, 2.45) is 5.41 Å². The van der Waals surface area contributed by atoms with Gasteiger partial charge in [-0.3, -0.25) is 4.79 Å². The van der Waals surface area contributed by atoms with Crippen LogP contribution in [0.25, 0.3) is 0 Å². The molecule has 1 saturated carbocycles. The van der Waals surface area contributed by atoms with Crippen LogP contribution in [0.2, 0.25) is 0 Å². The van der Waals surface area contributed by atoms with E-state index in [4.69, 9.17) is 14.3 Å². The van der Waals surface area contributed by atoms with Crippen molar-refractivity contribution < 1.29 is 23.8 Å². The van der Waals surface area contributed by atoms with Crippen molar-refractivity contribution in [1.82, 2.24) is 5.32 Å². The molecule has 1 heterocycles. The van der Waals surface area contributed by atoms with Gasteiger partial charge >= 0.3 is 5.97 Å². The Labute approximate surface area is 136 Å². The minimum atomic E-state index is -1.02. The third-order valence-corrected chi connectivity index (χ3v) is 4.59. The summed E-state index contributed by atoms with van der Waals surface area (Å²) in [5.41, 5.74) is -0.215. The lowest BCUT2D eigenvalue weighted by Crippen LogP contribution is -2.39. The molecule has 1 amide bonds. The average molecular weight is 323 g/mol. The van der Waals surface area contributed by atoms with Gasteiger partial charge in [0.1, 0.15) is 17.1 Å². The molecule has 0 aromatic carbocycles. The van der Waals surface area contributed by atoms with Gasteiger partial charge in [0.05, 0.1) is 12.0 Å². The molecule has 0 unspecified atom stereocenters. The molecule has 23 heavy (non-hydrogen) atoms. The van der Waals surface area contributed by atoms with Gasteiger partial charge in [0, 0.05) is 13.2 Å². The van der Waals surface area contributed by atoms with Crippen molar-refractivity contribution in [3.05, 3.63) is 23.2 Å². The zero-order chi connectivity index (χ0) is 16.9. The van der Waals surface area contributed by atoms with Crippen LogP contribution in [0.1, 0.15) is 60.9 Å². The van der Waals surface area contributed by atoms with E-state index in [1.54, 1.807) is 6.92 Å². The molecule has 1 aromatic heterocycles. The van der Waals surface area contributed by atoms with Gasteiger partial charge in [-0.05, 0) is 39.2 Å². The standard InChI is InChI=1S/C17H25NO5/c1-3-22-9-8-17(6-4-5-7-17)16(21)18-11-13-10-14(15(19)20)12(2)23-13/h10H,3-9,11H2,1-2H3,(H,18,21)(H,19,20). The fourth-order valence-corrected chi connectivity index (χ4v) is 3.25. The van der Waals surface area contributed by atoms with Crippen LogP contribution in [0.15, 0.2) is 10.5 Å². The maximum Gasteiger partial charge on any atom is 0.339 e. The van der Waals surface area contributed by atoms with Crippen molar-refractivity contribution in [3.8, 4) is 0 Å². The van der Waals surface area contributed by atoms with Crippen LogP contribution >= 0.6 is 0 Å². The highest BCUT2D eigenvalue weighted by Crippen LogP contribution is 2.41. The summed E-state index contributed by atoms with van der Waals surface area (Å²) in [4.78, 5) is 23.7. The second kappa shape index (κ2) is 7.64. The Balaban J connectivity index is 1.96. The van der Waals surface area contributed by atoms with E-state index in [1.807, 2.05) is 6.92 Å². The molecule has 1 aliphatic rings. The Bertz CT molecular complexity index is 557. The number of carboxylic acids is 1. The summed E-state index contributed by atoms with van der Waals surface area (Å²) in [5, 5.41) is 11.9. The molecule has 2 N–H and O–H groups in total. The molecule has 6 heteroatoms. The van der Waals surface area contributed by atoms with Crippen LogP contribution in [0.4, 0.5) is 0 Å². The molecular formula is C17H25NO5. The van der Waals surface area contributed by atoms with Gasteiger partial charge in [-0.2, -0.15) is 0 Å². The number of rotatable bonds is 8. The zero-order valence-electron chi connectivity index (χ0n) is 13.8. The zero-order valence-corrected chi connectivity index (χ0v) is 13.8. The molecule has 0 atom stereocenters. The van der Waals surface area contributed by atoms with Crippen LogP contribution in [0, 0.1) is 12.3 Å². The molecule has 1 aliphatic carbocycles. The first-order valence-electron chi connectivity index (χ1n) is 8.17. The maximum absolute atomic E-state index is 12.6. The number of nitrogens with one attached hydrogen (secondary N) is 1. The van der Waals surface area contributed by atoms with Gasteiger partial charge in [0.15, 0.2) is 0 Å². The van der Waals surface area contributed by atoms with Gasteiger partial charge < -0.3 is 19.6 Å². The van der Waals surface area contributed by atoms with Crippen molar-refractivity contribution >= 4 is 11.9 Å². The molecule has 2 rings (SSSR count). The van der Waals surface area contributed by atoms with Crippen molar-refractivity contribution in [3.63, 3.8) is 0 Å². The molecule has 0 spiro atoms. The predicted molar refractivity (Wildman–Crippen MR) is 84.3 cm³/mol.